The summed E-state index contributed by atoms with van der Waals surface area (Å²) in [4.78, 5) is 8.36. The van der Waals surface area contributed by atoms with Gasteiger partial charge in [-0.3, -0.25) is 4.79 Å². The Kier molecular flexibility index (Phi) is 6.41. The van der Waals surface area contributed by atoms with Gasteiger partial charge in [0.1, 0.15) is 0 Å². The van der Waals surface area contributed by atoms with Crippen LogP contribution in [0.15, 0.2) is 24.3 Å². The van der Waals surface area contributed by atoms with Crippen LogP contribution >= 0.6 is 0 Å². The van der Waals surface area contributed by atoms with E-state index in [0.29, 0.717) is 0 Å². The maximum atomic E-state index is 8.36. The fourth-order valence-corrected chi connectivity index (χ4v) is 1.10. The van der Waals surface area contributed by atoms with Gasteiger partial charge >= 0.3 is 0 Å². The Balaban J connectivity index is 0.000000500. The highest BCUT2D eigenvalue weighted by molar-refractivity contribution is 5.32. The van der Waals surface area contributed by atoms with Crippen molar-refractivity contribution in [3.05, 3.63) is 35.4 Å². The number of benzene rings is 1. The van der Waals surface area contributed by atoms with E-state index in [0.717, 1.165) is 6.42 Å². The molecule has 1 aromatic carbocycles. The van der Waals surface area contributed by atoms with Crippen LogP contribution in [0.2, 0.25) is 0 Å². The Bertz CT molecular complexity index is 254. The SMILES string of the molecule is Cc1ccc(CC(C)N)cc1.O=CO. The number of carboxylic acid groups (broad SMARTS) is 1. The molecular formula is C11H17NO2. The lowest BCUT2D eigenvalue weighted by Gasteiger charge is -2.04. The van der Waals surface area contributed by atoms with E-state index in [-0.39, 0.29) is 12.5 Å². The number of hydrogen-bond donors (Lipinski definition) is 2. The lowest BCUT2D eigenvalue weighted by molar-refractivity contribution is -0.122. The molecule has 0 fully saturated rings. The zero-order valence-electron chi connectivity index (χ0n) is 8.60. The van der Waals surface area contributed by atoms with E-state index in [1.54, 1.807) is 0 Å². The Hall–Kier alpha value is -1.35. The molecule has 0 saturated carbocycles. The van der Waals surface area contributed by atoms with Crippen molar-refractivity contribution in [3.8, 4) is 0 Å². The highest BCUT2D eigenvalue weighted by atomic mass is 16.3. The van der Waals surface area contributed by atoms with Crippen LogP contribution < -0.4 is 5.73 Å². The fraction of sp³-hybridized carbons (Fsp3) is 0.364. The van der Waals surface area contributed by atoms with Crippen LogP contribution in [0.1, 0.15) is 18.1 Å². The van der Waals surface area contributed by atoms with Gasteiger partial charge < -0.3 is 10.8 Å². The van der Waals surface area contributed by atoms with E-state index in [2.05, 4.69) is 31.2 Å². The van der Waals surface area contributed by atoms with Gasteiger partial charge in [0.25, 0.3) is 6.47 Å². The Morgan fingerprint density at radius 3 is 2.21 bits per heavy atom. The van der Waals surface area contributed by atoms with E-state index >= 15 is 0 Å². The molecule has 1 atom stereocenters. The number of nitrogens with two attached hydrogens (primary N) is 1. The Labute approximate surface area is 84.6 Å². The van der Waals surface area contributed by atoms with Crippen LogP contribution in [0, 0.1) is 6.92 Å². The van der Waals surface area contributed by atoms with Crippen LogP contribution in [-0.4, -0.2) is 17.6 Å². The zero-order chi connectivity index (χ0) is 11.0. The average Bonchev–Trinajstić information content (AvgIpc) is 2.09. The second-order valence-corrected chi connectivity index (χ2v) is 3.27. The molecule has 0 aliphatic rings. The van der Waals surface area contributed by atoms with Gasteiger partial charge in [0.2, 0.25) is 0 Å². The molecule has 0 amide bonds. The quantitative estimate of drug-likeness (QED) is 0.704. The molecule has 1 aromatic rings. The number of hydrogen-bond acceptors (Lipinski definition) is 2. The first-order valence-electron chi connectivity index (χ1n) is 4.49. The molecule has 1 rings (SSSR count). The molecule has 3 nitrogen and oxygen atoms in total. The second kappa shape index (κ2) is 7.09. The minimum Gasteiger partial charge on any atom is -0.483 e. The predicted octanol–water partition coefficient (Wildman–Crippen LogP) is 1.59. The minimum atomic E-state index is -0.250. The largest absolute Gasteiger partial charge is 0.483 e. The van der Waals surface area contributed by atoms with E-state index in [9.17, 15) is 0 Å². The highest BCUT2D eigenvalue weighted by Crippen LogP contribution is 2.04. The Morgan fingerprint density at radius 2 is 1.86 bits per heavy atom. The van der Waals surface area contributed by atoms with Gasteiger partial charge in [-0.05, 0) is 25.8 Å². The molecule has 0 aliphatic carbocycles. The van der Waals surface area contributed by atoms with Gasteiger partial charge in [-0.25, -0.2) is 0 Å². The molecule has 0 radical (unpaired) electrons. The van der Waals surface area contributed by atoms with Gasteiger partial charge in [-0.15, -0.1) is 0 Å². The summed E-state index contributed by atoms with van der Waals surface area (Å²) in [5.41, 5.74) is 8.29. The van der Waals surface area contributed by atoms with E-state index in [1.165, 1.54) is 11.1 Å². The summed E-state index contributed by atoms with van der Waals surface area (Å²) >= 11 is 0. The van der Waals surface area contributed by atoms with Crippen molar-refractivity contribution < 1.29 is 9.90 Å². The first-order chi connectivity index (χ1) is 6.60. The van der Waals surface area contributed by atoms with Crippen LogP contribution in [0.3, 0.4) is 0 Å². The number of rotatable bonds is 2. The van der Waals surface area contributed by atoms with Gasteiger partial charge in [0.15, 0.2) is 0 Å². The Morgan fingerprint density at radius 1 is 1.43 bits per heavy atom. The van der Waals surface area contributed by atoms with Crippen molar-refractivity contribution >= 4 is 6.47 Å². The standard InChI is InChI=1S/C10H15N.CH2O2/c1-8-3-5-10(6-4-8)7-9(2)11;2-1-3/h3-6,9H,7,11H2,1-2H3;1H,(H,2,3). The molecule has 78 valence electrons. The third-order valence-corrected chi connectivity index (χ3v) is 1.68. The normalized spacial score (nSPS) is 11.1. The first-order valence-corrected chi connectivity index (χ1v) is 4.49. The summed E-state index contributed by atoms with van der Waals surface area (Å²) in [7, 11) is 0. The van der Waals surface area contributed by atoms with E-state index < -0.39 is 0 Å². The van der Waals surface area contributed by atoms with Crippen molar-refractivity contribution in [2.45, 2.75) is 26.3 Å². The molecule has 14 heavy (non-hydrogen) atoms. The smallest absolute Gasteiger partial charge is 0.290 e. The van der Waals surface area contributed by atoms with Crippen LogP contribution in [0.5, 0.6) is 0 Å². The van der Waals surface area contributed by atoms with Crippen molar-refractivity contribution in [2.75, 3.05) is 0 Å². The topological polar surface area (TPSA) is 63.3 Å². The minimum absolute atomic E-state index is 0.250. The highest BCUT2D eigenvalue weighted by Gasteiger charge is 1.95. The molecule has 0 aromatic heterocycles. The van der Waals surface area contributed by atoms with Gasteiger partial charge in [0.05, 0.1) is 0 Å². The number of carbonyl (C=O) groups is 1. The van der Waals surface area contributed by atoms with Crippen molar-refractivity contribution in [2.24, 2.45) is 5.73 Å². The van der Waals surface area contributed by atoms with E-state index in [1.807, 2.05) is 6.92 Å². The van der Waals surface area contributed by atoms with Crippen molar-refractivity contribution in [1.82, 2.24) is 0 Å². The van der Waals surface area contributed by atoms with Crippen LogP contribution in [0.25, 0.3) is 0 Å². The molecule has 3 N–H and O–H groups in total. The second-order valence-electron chi connectivity index (χ2n) is 3.27. The molecule has 0 heterocycles. The number of aryl methyl sites for hydroxylation is 1. The predicted molar refractivity (Wildman–Crippen MR) is 57.2 cm³/mol. The molecule has 0 aliphatic heterocycles. The third kappa shape index (κ3) is 6.20. The van der Waals surface area contributed by atoms with Crippen molar-refractivity contribution in [3.63, 3.8) is 0 Å². The summed E-state index contributed by atoms with van der Waals surface area (Å²) in [6, 6.07) is 8.78. The molecule has 0 bridgehead atoms. The van der Waals surface area contributed by atoms with Gasteiger partial charge in [-0.2, -0.15) is 0 Å². The first kappa shape index (κ1) is 12.7. The molecule has 1 unspecified atom stereocenters. The summed E-state index contributed by atoms with van der Waals surface area (Å²) in [6.45, 7) is 3.87. The third-order valence-electron chi connectivity index (χ3n) is 1.68. The monoisotopic (exact) mass is 195 g/mol. The van der Waals surface area contributed by atoms with E-state index in [4.69, 9.17) is 15.6 Å². The molecule has 3 heteroatoms. The lowest BCUT2D eigenvalue weighted by atomic mass is 10.1. The fourth-order valence-electron chi connectivity index (χ4n) is 1.10. The summed E-state index contributed by atoms with van der Waals surface area (Å²) in [5.74, 6) is 0. The molecular weight excluding hydrogens is 178 g/mol. The summed E-state index contributed by atoms with van der Waals surface area (Å²) in [5, 5.41) is 6.89. The average molecular weight is 195 g/mol. The van der Waals surface area contributed by atoms with Crippen LogP contribution in [-0.2, 0) is 11.2 Å². The van der Waals surface area contributed by atoms with Crippen molar-refractivity contribution in [1.29, 1.82) is 0 Å². The van der Waals surface area contributed by atoms with Gasteiger partial charge in [0, 0.05) is 6.04 Å². The summed E-state index contributed by atoms with van der Waals surface area (Å²) < 4.78 is 0. The maximum absolute atomic E-state index is 8.36. The molecule has 0 saturated heterocycles. The summed E-state index contributed by atoms with van der Waals surface area (Å²) in [6.07, 6.45) is 0.972. The molecule has 0 spiro atoms. The lowest BCUT2D eigenvalue weighted by Crippen LogP contribution is -2.17. The zero-order valence-corrected chi connectivity index (χ0v) is 8.60. The van der Waals surface area contributed by atoms with Crippen LogP contribution in [0.4, 0.5) is 0 Å². The van der Waals surface area contributed by atoms with Gasteiger partial charge in [-0.1, -0.05) is 29.8 Å². The maximum Gasteiger partial charge on any atom is 0.290 e.